The number of hydroxylamine groups is 1. The molecule has 2 aromatic carbocycles. The average molecular weight is 425 g/mol. The standard InChI is InChI=1S/C20H19F4N3O3/c21-16-9-10-26(12-16)19(29)27(17-7-5-15(6-8-17)20(22,23)24)11-13-1-3-14(4-2-13)18(28)25-30/h1-8,16,30H,9-12H2,(H,25,28). The molecule has 2 aromatic rings. The van der Waals surface area contributed by atoms with Gasteiger partial charge < -0.3 is 4.90 Å². The summed E-state index contributed by atoms with van der Waals surface area (Å²) >= 11 is 0. The summed E-state index contributed by atoms with van der Waals surface area (Å²) in [5.41, 5.74) is 1.67. The fraction of sp³-hybridized carbons (Fsp3) is 0.300. The van der Waals surface area contributed by atoms with E-state index in [0.717, 1.165) is 12.1 Å². The second kappa shape index (κ2) is 8.70. The lowest BCUT2D eigenvalue weighted by Crippen LogP contribution is -2.42. The number of hydrogen-bond donors (Lipinski definition) is 2. The highest BCUT2D eigenvalue weighted by Crippen LogP contribution is 2.31. The van der Waals surface area contributed by atoms with Gasteiger partial charge in [0.25, 0.3) is 5.91 Å². The van der Waals surface area contributed by atoms with Crippen molar-refractivity contribution in [1.29, 1.82) is 0 Å². The number of amides is 3. The van der Waals surface area contributed by atoms with Gasteiger partial charge in [-0.15, -0.1) is 0 Å². The molecule has 0 radical (unpaired) electrons. The number of rotatable bonds is 4. The van der Waals surface area contributed by atoms with Gasteiger partial charge in [-0.2, -0.15) is 13.2 Å². The summed E-state index contributed by atoms with van der Waals surface area (Å²) in [4.78, 5) is 27.0. The van der Waals surface area contributed by atoms with E-state index in [4.69, 9.17) is 5.21 Å². The quantitative estimate of drug-likeness (QED) is 0.442. The van der Waals surface area contributed by atoms with E-state index in [0.29, 0.717) is 5.56 Å². The summed E-state index contributed by atoms with van der Waals surface area (Å²) in [5.74, 6) is -0.705. The van der Waals surface area contributed by atoms with Crippen molar-refractivity contribution in [3.05, 3.63) is 65.2 Å². The maximum Gasteiger partial charge on any atom is 0.416 e. The van der Waals surface area contributed by atoms with Crippen LogP contribution in [0.15, 0.2) is 48.5 Å². The molecule has 1 unspecified atom stereocenters. The summed E-state index contributed by atoms with van der Waals surface area (Å²) in [6, 6.07) is 9.60. The number of benzene rings is 2. The Morgan fingerprint density at radius 3 is 2.23 bits per heavy atom. The first kappa shape index (κ1) is 21.6. The maximum atomic E-state index is 13.6. The Morgan fingerprint density at radius 2 is 1.73 bits per heavy atom. The van der Waals surface area contributed by atoms with Crippen LogP contribution in [0.4, 0.5) is 28.0 Å². The number of nitrogens with zero attached hydrogens (tertiary/aromatic N) is 2. The highest BCUT2D eigenvalue weighted by atomic mass is 19.4. The molecule has 10 heteroatoms. The Kier molecular flexibility index (Phi) is 6.25. The molecule has 1 aliphatic rings. The van der Waals surface area contributed by atoms with Crippen LogP contribution in [0.25, 0.3) is 0 Å². The smallest absolute Gasteiger partial charge is 0.321 e. The number of urea groups is 1. The number of carbonyl (C=O) groups excluding carboxylic acids is 2. The van der Waals surface area contributed by atoms with Gasteiger partial charge >= 0.3 is 12.2 Å². The molecule has 0 spiro atoms. The van der Waals surface area contributed by atoms with Crippen LogP contribution in [0.3, 0.4) is 0 Å². The molecule has 0 aliphatic carbocycles. The van der Waals surface area contributed by atoms with Crippen molar-refractivity contribution in [1.82, 2.24) is 10.4 Å². The van der Waals surface area contributed by atoms with Crippen LogP contribution in [-0.4, -0.2) is 41.3 Å². The average Bonchev–Trinajstić information content (AvgIpc) is 3.17. The van der Waals surface area contributed by atoms with E-state index >= 15 is 0 Å². The van der Waals surface area contributed by atoms with Crippen molar-refractivity contribution >= 4 is 17.6 Å². The molecule has 0 saturated carbocycles. The Balaban J connectivity index is 1.87. The van der Waals surface area contributed by atoms with Gasteiger partial charge in [0.05, 0.1) is 18.7 Å². The minimum absolute atomic E-state index is 0.00132. The molecular formula is C20H19F4N3O3. The minimum Gasteiger partial charge on any atom is -0.321 e. The molecule has 1 aliphatic heterocycles. The second-order valence-electron chi connectivity index (χ2n) is 6.88. The minimum atomic E-state index is -4.51. The van der Waals surface area contributed by atoms with E-state index in [2.05, 4.69) is 0 Å². The van der Waals surface area contributed by atoms with Crippen LogP contribution in [0.5, 0.6) is 0 Å². The number of hydrogen-bond acceptors (Lipinski definition) is 3. The summed E-state index contributed by atoms with van der Waals surface area (Å²) < 4.78 is 52.2. The van der Waals surface area contributed by atoms with Gasteiger partial charge in [0, 0.05) is 17.8 Å². The molecule has 30 heavy (non-hydrogen) atoms. The summed E-state index contributed by atoms with van der Waals surface area (Å²) in [6.45, 7) is 0.136. The third kappa shape index (κ3) is 4.88. The SMILES string of the molecule is O=C(NO)c1ccc(CN(C(=O)N2CCC(F)C2)c2ccc(C(F)(F)F)cc2)cc1. The zero-order valence-electron chi connectivity index (χ0n) is 15.7. The highest BCUT2D eigenvalue weighted by Gasteiger charge is 2.32. The summed E-state index contributed by atoms with van der Waals surface area (Å²) in [5, 5.41) is 8.68. The zero-order chi connectivity index (χ0) is 21.9. The maximum absolute atomic E-state index is 13.6. The van der Waals surface area contributed by atoms with Gasteiger partial charge in [0.2, 0.25) is 0 Å². The van der Waals surface area contributed by atoms with Crippen LogP contribution in [0.2, 0.25) is 0 Å². The fourth-order valence-electron chi connectivity index (χ4n) is 3.17. The highest BCUT2D eigenvalue weighted by molar-refractivity contribution is 5.94. The fourth-order valence-corrected chi connectivity index (χ4v) is 3.17. The molecule has 1 saturated heterocycles. The van der Waals surface area contributed by atoms with Crippen molar-refractivity contribution in [3.63, 3.8) is 0 Å². The lowest BCUT2D eigenvalue weighted by molar-refractivity contribution is -0.137. The number of likely N-dealkylation sites (tertiary alicyclic amines) is 1. The lowest BCUT2D eigenvalue weighted by atomic mass is 10.1. The molecule has 1 fully saturated rings. The molecule has 0 aromatic heterocycles. The first-order valence-corrected chi connectivity index (χ1v) is 9.10. The molecule has 1 heterocycles. The topological polar surface area (TPSA) is 72.9 Å². The Hall–Kier alpha value is -3.14. The molecule has 0 bridgehead atoms. The number of alkyl halides is 4. The Labute approximate surface area is 169 Å². The van der Waals surface area contributed by atoms with Gasteiger partial charge in [-0.05, 0) is 48.4 Å². The van der Waals surface area contributed by atoms with E-state index in [1.165, 1.54) is 39.5 Å². The molecule has 2 N–H and O–H groups in total. The zero-order valence-corrected chi connectivity index (χ0v) is 15.7. The third-order valence-electron chi connectivity index (χ3n) is 4.80. The third-order valence-corrected chi connectivity index (χ3v) is 4.80. The van der Waals surface area contributed by atoms with Crippen LogP contribution >= 0.6 is 0 Å². The van der Waals surface area contributed by atoms with Crippen molar-refractivity contribution in [3.8, 4) is 0 Å². The molecule has 160 valence electrons. The molecule has 1 atom stereocenters. The predicted molar refractivity (Wildman–Crippen MR) is 99.8 cm³/mol. The van der Waals surface area contributed by atoms with E-state index < -0.39 is 29.8 Å². The Bertz CT molecular complexity index is 901. The van der Waals surface area contributed by atoms with Crippen LogP contribution in [0, 0.1) is 0 Å². The van der Waals surface area contributed by atoms with Crippen molar-refractivity contribution in [2.24, 2.45) is 0 Å². The number of carbonyl (C=O) groups is 2. The molecule has 3 amide bonds. The number of anilines is 1. The monoisotopic (exact) mass is 425 g/mol. The van der Waals surface area contributed by atoms with Crippen molar-refractivity contribution in [2.75, 3.05) is 18.0 Å². The summed E-state index contributed by atoms with van der Waals surface area (Å²) in [6.07, 6.45) is -5.44. The van der Waals surface area contributed by atoms with Crippen molar-refractivity contribution in [2.45, 2.75) is 25.3 Å². The summed E-state index contributed by atoms with van der Waals surface area (Å²) in [7, 11) is 0. The lowest BCUT2D eigenvalue weighted by Gasteiger charge is -2.28. The predicted octanol–water partition coefficient (Wildman–Crippen LogP) is 3.99. The molecule has 3 rings (SSSR count). The van der Waals surface area contributed by atoms with Gasteiger partial charge in [-0.3, -0.25) is 14.9 Å². The van der Waals surface area contributed by atoms with Crippen LogP contribution in [0.1, 0.15) is 27.9 Å². The first-order chi connectivity index (χ1) is 14.2. The molecular weight excluding hydrogens is 406 g/mol. The van der Waals surface area contributed by atoms with Crippen molar-refractivity contribution < 1.29 is 32.4 Å². The van der Waals surface area contributed by atoms with E-state index in [1.54, 1.807) is 12.1 Å². The van der Waals surface area contributed by atoms with Gasteiger partial charge in [-0.1, -0.05) is 12.1 Å². The number of nitrogens with one attached hydrogen (secondary N) is 1. The van der Waals surface area contributed by atoms with Gasteiger partial charge in [-0.25, -0.2) is 14.7 Å². The van der Waals surface area contributed by atoms with E-state index in [-0.39, 0.29) is 37.3 Å². The van der Waals surface area contributed by atoms with Gasteiger partial charge in [0.15, 0.2) is 0 Å². The van der Waals surface area contributed by atoms with E-state index in [9.17, 15) is 27.2 Å². The van der Waals surface area contributed by atoms with E-state index in [1.807, 2.05) is 0 Å². The molecule has 6 nitrogen and oxygen atoms in total. The first-order valence-electron chi connectivity index (χ1n) is 9.10. The van der Waals surface area contributed by atoms with Crippen LogP contribution in [-0.2, 0) is 12.7 Å². The van der Waals surface area contributed by atoms with Gasteiger partial charge in [0.1, 0.15) is 6.17 Å². The normalized spacial score (nSPS) is 16.4. The second-order valence-corrected chi connectivity index (χ2v) is 6.88. The Morgan fingerprint density at radius 1 is 1.10 bits per heavy atom. The van der Waals surface area contributed by atoms with Crippen LogP contribution < -0.4 is 10.4 Å². The largest absolute Gasteiger partial charge is 0.416 e. The number of halogens is 4.